The second-order valence-corrected chi connectivity index (χ2v) is 18.0. The molecule has 0 amide bonds. The number of rotatable bonds is 4. The summed E-state index contributed by atoms with van der Waals surface area (Å²) in [6, 6.07) is 57.0. The van der Waals surface area contributed by atoms with Crippen molar-refractivity contribution in [1.29, 1.82) is 10.5 Å². The van der Waals surface area contributed by atoms with E-state index in [0.29, 0.717) is 16.8 Å². The van der Waals surface area contributed by atoms with Gasteiger partial charge in [0, 0.05) is 40.1 Å². The summed E-state index contributed by atoms with van der Waals surface area (Å²) in [5, 5.41) is 24.9. The van der Waals surface area contributed by atoms with Crippen LogP contribution in [0, 0.1) is 28.1 Å². The number of allylic oxidation sites excluding steroid dienone is 7. The summed E-state index contributed by atoms with van der Waals surface area (Å²) in [5.41, 5.74) is 16.1. The van der Waals surface area contributed by atoms with Crippen molar-refractivity contribution in [2.24, 2.45) is 5.41 Å². The minimum absolute atomic E-state index is 0.288. The van der Waals surface area contributed by atoms with Crippen molar-refractivity contribution < 1.29 is 4.74 Å². The van der Waals surface area contributed by atoms with E-state index in [9.17, 15) is 10.5 Å². The lowest BCUT2D eigenvalue weighted by atomic mass is 9.60. The molecule has 1 spiro atoms. The third-order valence-corrected chi connectivity index (χ3v) is 14.5. The molecule has 304 valence electrons. The Labute approximate surface area is 372 Å². The summed E-state index contributed by atoms with van der Waals surface area (Å²) >= 11 is 0. The standard InChI is InChI=1S/C59H42N4O/c1-36-44(33-60)57(63-51-29-28-38(32-43(51)45-35-62-31-30-52(45)63)40-19-8-7-18-39(40)37-16-5-4-6-17-37)50(34-61)58(2,3)56(36)42-21-15-25-49-55(42)41-20-9-10-22-46(41)59(49)47-23-11-13-26-53(47)64-54-27-14-12-24-48(54)59/h4-11,13-23,25-32,35,56H,12,24H2,1-3H3. The molecule has 2 atom stereocenters. The van der Waals surface area contributed by atoms with E-state index < -0.39 is 10.8 Å². The van der Waals surface area contributed by atoms with E-state index in [-0.39, 0.29) is 5.92 Å². The second-order valence-electron chi connectivity index (χ2n) is 18.0. The molecule has 0 bridgehead atoms. The number of hydrogen-bond donors (Lipinski definition) is 0. The molecule has 0 N–H and O–H groups in total. The maximum absolute atomic E-state index is 11.5. The fraction of sp³-hybridized carbons (Fsp3) is 0.136. The highest BCUT2D eigenvalue weighted by Crippen LogP contribution is 2.65. The number of fused-ring (bicyclic) bond motifs is 11. The van der Waals surface area contributed by atoms with Crippen LogP contribution in [0.4, 0.5) is 0 Å². The number of para-hydroxylation sites is 1. The van der Waals surface area contributed by atoms with Crippen LogP contribution < -0.4 is 4.74 Å². The molecular weight excluding hydrogens is 781 g/mol. The normalized spacial score (nSPS) is 19.2. The van der Waals surface area contributed by atoms with Gasteiger partial charge in [-0.25, -0.2) is 0 Å². The first-order chi connectivity index (χ1) is 31.4. The summed E-state index contributed by atoms with van der Waals surface area (Å²) < 4.78 is 8.82. The summed E-state index contributed by atoms with van der Waals surface area (Å²) in [4.78, 5) is 4.60. The molecule has 12 rings (SSSR count). The van der Waals surface area contributed by atoms with Crippen LogP contribution in [0.25, 0.3) is 60.9 Å². The van der Waals surface area contributed by atoms with Crippen molar-refractivity contribution in [3.8, 4) is 51.3 Å². The lowest BCUT2D eigenvalue weighted by Gasteiger charge is -2.43. The number of aromatic nitrogens is 2. The zero-order valence-corrected chi connectivity index (χ0v) is 35.9. The van der Waals surface area contributed by atoms with Gasteiger partial charge in [-0.2, -0.15) is 10.5 Å². The molecule has 3 aliphatic carbocycles. The van der Waals surface area contributed by atoms with Crippen LogP contribution in [0.5, 0.6) is 5.75 Å². The van der Waals surface area contributed by atoms with E-state index in [1.165, 1.54) is 27.8 Å². The van der Waals surface area contributed by atoms with Crippen molar-refractivity contribution in [2.75, 3.05) is 0 Å². The Hall–Kier alpha value is -7.99. The molecule has 0 fully saturated rings. The first kappa shape index (κ1) is 37.7. The van der Waals surface area contributed by atoms with Crippen LogP contribution in [-0.4, -0.2) is 9.55 Å². The van der Waals surface area contributed by atoms with Crippen LogP contribution in [0.15, 0.2) is 198 Å². The van der Waals surface area contributed by atoms with E-state index in [4.69, 9.17) is 4.74 Å². The van der Waals surface area contributed by atoms with Gasteiger partial charge in [-0.15, -0.1) is 0 Å². The van der Waals surface area contributed by atoms with Gasteiger partial charge in [0.2, 0.25) is 0 Å². The van der Waals surface area contributed by atoms with Gasteiger partial charge < -0.3 is 9.30 Å². The van der Waals surface area contributed by atoms with Crippen molar-refractivity contribution in [2.45, 2.75) is 44.9 Å². The Morgan fingerprint density at radius 3 is 2.19 bits per heavy atom. The Morgan fingerprint density at radius 2 is 1.39 bits per heavy atom. The largest absolute Gasteiger partial charge is 0.457 e. The first-order valence-electron chi connectivity index (χ1n) is 22.1. The predicted octanol–water partition coefficient (Wildman–Crippen LogP) is 14.2. The van der Waals surface area contributed by atoms with Gasteiger partial charge in [-0.3, -0.25) is 4.98 Å². The zero-order valence-electron chi connectivity index (χ0n) is 35.9. The smallest absolute Gasteiger partial charge is 0.132 e. The number of nitrogens with zero attached hydrogens (tertiary/aromatic N) is 4. The van der Waals surface area contributed by atoms with Gasteiger partial charge in [0.15, 0.2) is 0 Å². The Kier molecular flexibility index (Phi) is 8.26. The van der Waals surface area contributed by atoms with Gasteiger partial charge in [0.05, 0.1) is 39.4 Å². The van der Waals surface area contributed by atoms with Crippen LogP contribution in [0.2, 0.25) is 0 Å². The van der Waals surface area contributed by atoms with Crippen LogP contribution in [-0.2, 0) is 5.41 Å². The highest BCUT2D eigenvalue weighted by molar-refractivity contribution is 6.12. The molecule has 0 saturated carbocycles. The molecular formula is C59H42N4O. The maximum atomic E-state index is 11.5. The molecule has 64 heavy (non-hydrogen) atoms. The summed E-state index contributed by atoms with van der Waals surface area (Å²) in [6.45, 7) is 6.49. The third kappa shape index (κ3) is 5.01. The topological polar surface area (TPSA) is 74.6 Å². The van der Waals surface area contributed by atoms with E-state index >= 15 is 0 Å². The van der Waals surface area contributed by atoms with Crippen molar-refractivity contribution in [3.05, 3.63) is 220 Å². The molecule has 0 saturated heterocycles. The Morgan fingerprint density at radius 1 is 0.688 bits per heavy atom. The highest BCUT2D eigenvalue weighted by atomic mass is 16.5. The monoisotopic (exact) mass is 822 g/mol. The molecule has 0 radical (unpaired) electrons. The molecule has 5 nitrogen and oxygen atoms in total. The lowest BCUT2D eigenvalue weighted by molar-refractivity contribution is 0.385. The van der Waals surface area contributed by atoms with Gasteiger partial charge in [-0.05, 0) is 111 Å². The molecule has 6 aromatic carbocycles. The van der Waals surface area contributed by atoms with E-state index in [0.717, 1.165) is 85.1 Å². The highest BCUT2D eigenvalue weighted by Gasteiger charge is 2.54. The van der Waals surface area contributed by atoms with Crippen molar-refractivity contribution >= 4 is 27.5 Å². The van der Waals surface area contributed by atoms with Gasteiger partial charge in [0.1, 0.15) is 17.6 Å². The fourth-order valence-electron chi connectivity index (χ4n) is 12.0. The zero-order chi connectivity index (χ0) is 43.3. The Bertz CT molecular complexity index is 3550. The molecule has 3 heterocycles. The van der Waals surface area contributed by atoms with Gasteiger partial charge >= 0.3 is 0 Å². The second kappa shape index (κ2) is 14.0. The minimum atomic E-state index is -0.732. The molecule has 8 aromatic rings. The number of ether oxygens (including phenoxy) is 1. The quantitative estimate of drug-likeness (QED) is 0.177. The van der Waals surface area contributed by atoms with Crippen LogP contribution in [0.3, 0.4) is 0 Å². The first-order valence-corrected chi connectivity index (χ1v) is 22.1. The number of nitriles is 2. The average Bonchev–Trinajstić information content (AvgIpc) is 3.82. The number of pyridine rings is 1. The molecule has 2 unspecified atom stereocenters. The predicted molar refractivity (Wildman–Crippen MR) is 256 cm³/mol. The SMILES string of the molecule is CC1=C(C#N)C(n2c3ccncc3c3cc(-c4ccccc4-c4ccccc4)ccc32)=C(C#N)C(C)(C)C1c1cccc2c1-c1ccccc1C21C2=C(C=CCC2)Oc2ccccc21. The third-order valence-electron chi connectivity index (χ3n) is 14.5. The molecule has 1 aliphatic heterocycles. The summed E-state index contributed by atoms with van der Waals surface area (Å²) in [7, 11) is 0. The van der Waals surface area contributed by atoms with Gasteiger partial charge in [0.25, 0.3) is 0 Å². The van der Waals surface area contributed by atoms with E-state index in [2.05, 4.69) is 188 Å². The van der Waals surface area contributed by atoms with E-state index in [1.807, 2.05) is 18.3 Å². The van der Waals surface area contributed by atoms with Crippen LogP contribution in [0.1, 0.15) is 61.8 Å². The maximum Gasteiger partial charge on any atom is 0.132 e. The fourth-order valence-corrected chi connectivity index (χ4v) is 12.0. The molecule has 4 aliphatic rings. The van der Waals surface area contributed by atoms with Gasteiger partial charge in [-0.1, -0.05) is 141 Å². The molecule has 2 aromatic heterocycles. The summed E-state index contributed by atoms with van der Waals surface area (Å²) in [6.07, 6.45) is 9.89. The number of benzene rings is 6. The van der Waals surface area contributed by atoms with Crippen LogP contribution >= 0.6 is 0 Å². The summed E-state index contributed by atoms with van der Waals surface area (Å²) in [5.74, 6) is 1.51. The van der Waals surface area contributed by atoms with Crippen molar-refractivity contribution in [3.63, 3.8) is 0 Å². The number of hydrogen-bond acceptors (Lipinski definition) is 4. The Balaban J connectivity index is 1.08. The van der Waals surface area contributed by atoms with E-state index in [1.54, 1.807) is 6.20 Å². The van der Waals surface area contributed by atoms with Crippen molar-refractivity contribution in [1.82, 2.24) is 9.55 Å². The molecule has 5 heteroatoms. The minimum Gasteiger partial charge on any atom is -0.457 e. The average molecular weight is 823 g/mol. The lowest BCUT2D eigenvalue weighted by Crippen LogP contribution is -2.35.